The first kappa shape index (κ1) is 14.8. The highest BCUT2D eigenvalue weighted by atomic mass is 16.6. The van der Waals surface area contributed by atoms with E-state index in [-0.39, 0.29) is 11.5 Å². The van der Waals surface area contributed by atoms with Gasteiger partial charge in [-0.15, -0.1) is 0 Å². The number of hydrogen-bond donors (Lipinski definition) is 5. The number of amidine groups is 1. The number of hydrogen-bond acceptors (Lipinski definition) is 8. The first-order chi connectivity index (χ1) is 10.4. The van der Waals surface area contributed by atoms with Crippen LogP contribution in [0.3, 0.4) is 0 Å². The van der Waals surface area contributed by atoms with Gasteiger partial charge in [-0.2, -0.15) is 0 Å². The molecule has 0 saturated carbocycles. The molecule has 10 heteroatoms. The highest BCUT2D eigenvalue weighted by Gasteiger charge is 2.44. The standard InChI is InChI=1S/C12H16N6O4/c1-4-16-6(10(13)14)7-11(17-4)18(3-15-7)12-9(21)8(20)5(2-19)22-12/h3,5,8-9,12,19-21H,2H2,1H3,(H3,13,14)/t5-,8-,9-,12-/m1/s1. The number of nitrogens with two attached hydrogens (primary N) is 1. The Labute approximate surface area is 124 Å². The zero-order valence-corrected chi connectivity index (χ0v) is 11.7. The predicted octanol–water partition coefficient (Wildman–Crippen LogP) is -1.97. The first-order valence-corrected chi connectivity index (χ1v) is 6.62. The Morgan fingerprint density at radius 1 is 1.41 bits per heavy atom. The Morgan fingerprint density at radius 3 is 2.73 bits per heavy atom. The fourth-order valence-electron chi connectivity index (χ4n) is 2.51. The minimum Gasteiger partial charge on any atom is -0.394 e. The highest BCUT2D eigenvalue weighted by Crippen LogP contribution is 2.31. The van der Waals surface area contributed by atoms with Crippen molar-refractivity contribution < 1.29 is 20.1 Å². The largest absolute Gasteiger partial charge is 0.394 e. The molecular formula is C12H16N6O4. The van der Waals surface area contributed by atoms with Gasteiger partial charge in [0.2, 0.25) is 0 Å². The molecular weight excluding hydrogens is 292 g/mol. The van der Waals surface area contributed by atoms with Crippen molar-refractivity contribution in [2.45, 2.75) is 31.5 Å². The number of rotatable bonds is 3. The summed E-state index contributed by atoms with van der Waals surface area (Å²) < 4.78 is 6.89. The topological polar surface area (TPSA) is 163 Å². The predicted molar refractivity (Wildman–Crippen MR) is 74.1 cm³/mol. The lowest BCUT2D eigenvalue weighted by Gasteiger charge is -2.16. The molecule has 0 radical (unpaired) electrons. The van der Waals surface area contributed by atoms with Crippen LogP contribution in [0.25, 0.3) is 11.2 Å². The maximum absolute atomic E-state index is 10.1. The minimum absolute atomic E-state index is 0.188. The normalized spacial score (nSPS) is 28.4. The number of nitrogens with one attached hydrogen (secondary N) is 1. The Morgan fingerprint density at radius 2 is 2.14 bits per heavy atom. The molecule has 0 aliphatic carbocycles. The van der Waals surface area contributed by atoms with Crippen LogP contribution in [-0.4, -0.2) is 65.6 Å². The number of aliphatic hydroxyl groups excluding tert-OH is 3. The number of ether oxygens (including phenoxy) is 1. The van der Waals surface area contributed by atoms with Gasteiger partial charge in [0.15, 0.2) is 11.9 Å². The van der Waals surface area contributed by atoms with E-state index in [9.17, 15) is 10.2 Å². The number of imidazole rings is 1. The second-order valence-electron chi connectivity index (χ2n) is 5.09. The second kappa shape index (κ2) is 5.25. The summed E-state index contributed by atoms with van der Waals surface area (Å²) in [5, 5.41) is 36.6. The first-order valence-electron chi connectivity index (χ1n) is 6.62. The SMILES string of the molecule is Cc1nc(C(=N)N)c2ncn([C@@H]3O[C@H](CO)[C@@H](O)[C@H]3O)c2n1. The molecule has 1 aliphatic heterocycles. The zero-order valence-electron chi connectivity index (χ0n) is 11.7. The molecule has 0 bridgehead atoms. The quantitative estimate of drug-likeness (QED) is 0.322. The van der Waals surface area contributed by atoms with Crippen LogP contribution in [0.5, 0.6) is 0 Å². The van der Waals surface area contributed by atoms with Gasteiger partial charge >= 0.3 is 0 Å². The molecule has 1 fully saturated rings. The van der Waals surface area contributed by atoms with E-state index in [1.807, 2.05) is 0 Å². The van der Waals surface area contributed by atoms with Gasteiger partial charge in [-0.05, 0) is 6.92 Å². The van der Waals surface area contributed by atoms with Gasteiger partial charge in [0.25, 0.3) is 0 Å². The molecule has 0 amide bonds. The molecule has 22 heavy (non-hydrogen) atoms. The third-order valence-electron chi connectivity index (χ3n) is 3.58. The summed E-state index contributed by atoms with van der Waals surface area (Å²) in [6, 6.07) is 0. The van der Waals surface area contributed by atoms with Gasteiger partial charge in [-0.1, -0.05) is 0 Å². The third-order valence-corrected chi connectivity index (χ3v) is 3.58. The number of aromatic nitrogens is 4. The lowest BCUT2D eigenvalue weighted by Crippen LogP contribution is -2.33. The van der Waals surface area contributed by atoms with Crippen LogP contribution >= 0.6 is 0 Å². The Kier molecular flexibility index (Phi) is 3.53. The van der Waals surface area contributed by atoms with Crippen molar-refractivity contribution in [3.8, 4) is 0 Å². The fourth-order valence-corrected chi connectivity index (χ4v) is 2.51. The van der Waals surface area contributed by atoms with Crippen molar-refractivity contribution in [2.24, 2.45) is 5.73 Å². The maximum atomic E-state index is 10.1. The molecule has 2 aromatic heterocycles. The van der Waals surface area contributed by atoms with E-state index in [2.05, 4.69) is 15.0 Å². The summed E-state index contributed by atoms with van der Waals surface area (Å²) in [5.74, 6) is 0.133. The van der Waals surface area contributed by atoms with Crippen molar-refractivity contribution in [1.82, 2.24) is 19.5 Å². The zero-order chi connectivity index (χ0) is 16.0. The van der Waals surface area contributed by atoms with E-state index in [0.717, 1.165) is 0 Å². The molecule has 0 unspecified atom stereocenters. The molecule has 4 atom stereocenters. The van der Waals surface area contributed by atoms with Crippen LogP contribution in [-0.2, 0) is 4.74 Å². The molecule has 1 saturated heterocycles. The lowest BCUT2D eigenvalue weighted by molar-refractivity contribution is -0.0511. The lowest BCUT2D eigenvalue weighted by atomic mass is 10.1. The molecule has 2 aromatic rings. The summed E-state index contributed by atoms with van der Waals surface area (Å²) in [6.45, 7) is 1.22. The number of aliphatic hydroxyl groups is 3. The van der Waals surface area contributed by atoms with Crippen molar-refractivity contribution in [3.63, 3.8) is 0 Å². The molecule has 0 aromatic carbocycles. The highest BCUT2D eigenvalue weighted by molar-refractivity contribution is 6.02. The van der Waals surface area contributed by atoms with Crippen LogP contribution < -0.4 is 5.73 Å². The van der Waals surface area contributed by atoms with E-state index < -0.39 is 31.1 Å². The van der Waals surface area contributed by atoms with Gasteiger partial charge in [-0.25, -0.2) is 15.0 Å². The molecule has 6 N–H and O–H groups in total. The van der Waals surface area contributed by atoms with E-state index >= 15 is 0 Å². The van der Waals surface area contributed by atoms with Gasteiger partial charge in [0.05, 0.1) is 12.9 Å². The van der Waals surface area contributed by atoms with Gasteiger partial charge < -0.3 is 25.8 Å². The average Bonchev–Trinajstić information content (AvgIpc) is 3.00. The fraction of sp³-hybridized carbons (Fsp3) is 0.500. The summed E-state index contributed by atoms with van der Waals surface area (Å²) in [4.78, 5) is 12.4. The van der Waals surface area contributed by atoms with Gasteiger partial charge in [0, 0.05) is 0 Å². The minimum atomic E-state index is -1.24. The second-order valence-corrected chi connectivity index (χ2v) is 5.09. The van der Waals surface area contributed by atoms with Crippen molar-refractivity contribution in [3.05, 3.63) is 17.8 Å². The Bertz CT molecular complexity index is 732. The van der Waals surface area contributed by atoms with Gasteiger partial charge in [0.1, 0.15) is 41.2 Å². The van der Waals surface area contributed by atoms with Crippen LogP contribution in [0, 0.1) is 12.3 Å². The molecule has 0 spiro atoms. The van der Waals surface area contributed by atoms with Crippen molar-refractivity contribution in [2.75, 3.05) is 6.61 Å². The molecule has 1 aliphatic rings. The van der Waals surface area contributed by atoms with Crippen LogP contribution in [0.2, 0.25) is 0 Å². The third kappa shape index (κ3) is 2.13. The summed E-state index contributed by atoms with van der Waals surface area (Å²) >= 11 is 0. The van der Waals surface area contributed by atoms with Crippen LogP contribution in [0.15, 0.2) is 6.33 Å². The smallest absolute Gasteiger partial charge is 0.166 e. The summed E-state index contributed by atoms with van der Waals surface area (Å²) in [5.41, 5.74) is 6.31. The average molecular weight is 308 g/mol. The molecule has 3 rings (SSSR count). The summed E-state index contributed by atoms with van der Waals surface area (Å²) in [7, 11) is 0. The Balaban J connectivity index is 2.11. The van der Waals surface area contributed by atoms with E-state index in [1.165, 1.54) is 10.9 Å². The van der Waals surface area contributed by atoms with E-state index in [1.54, 1.807) is 6.92 Å². The molecule has 3 heterocycles. The summed E-state index contributed by atoms with van der Waals surface area (Å²) in [6.07, 6.45) is -2.95. The monoisotopic (exact) mass is 308 g/mol. The number of nitrogen functional groups attached to an aromatic ring is 1. The Hall–Kier alpha value is -2.14. The van der Waals surface area contributed by atoms with E-state index in [4.69, 9.17) is 21.0 Å². The molecule has 118 valence electrons. The van der Waals surface area contributed by atoms with Crippen LogP contribution in [0.1, 0.15) is 17.7 Å². The number of fused-ring (bicyclic) bond motifs is 1. The van der Waals surface area contributed by atoms with Crippen molar-refractivity contribution >= 4 is 17.0 Å². The number of aryl methyl sites for hydroxylation is 1. The van der Waals surface area contributed by atoms with Gasteiger partial charge in [-0.3, -0.25) is 9.98 Å². The number of nitrogens with zero attached hydrogens (tertiary/aromatic N) is 4. The van der Waals surface area contributed by atoms with E-state index in [0.29, 0.717) is 17.0 Å². The van der Waals surface area contributed by atoms with Crippen LogP contribution in [0.4, 0.5) is 0 Å². The molecule has 10 nitrogen and oxygen atoms in total. The van der Waals surface area contributed by atoms with Crippen molar-refractivity contribution in [1.29, 1.82) is 5.41 Å². The maximum Gasteiger partial charge on any atom is 0.166 e.